The van der Waals surface area contributed by atoms with Crippen molar-refractivity contribution in [2.45, 2.75) is 37.6 Å². The van der Waals surface area contributed by atoms with Gasteiger partial charge in [-0.25, -0.2) is 17.8 Å². The predicted octanol–water partition coefficient (Wildman–Crippen LogP) is 0.669. The molecule has 0 atom stereocenters. The van der Waals surface area contributed by atoms with E-state index >= 15 is 0 Å². The number of sulfonamides is 1. The van der Waals surface area contributed by atoms with E-state index in [1.807, 2.05) is 0 Å². The standard InChI is InChI=1S/C17H20N4O4S/c1-12(22)19-14-5-7-15(8-6-14)26(24,25)18-9-10-21-17(23)11-13-3-2-4-16(13)20-21/h5-8,11,18H,2-4,9-10H2,1H3,(H,19,22). The SMILES string of the molecule is CC(=O)Nc1ccc(S(=O)(=O)NCCn2nc3c(cc2=O)CCC3)cc1. The van der Waals surface area contributed by atoms with Gasteiger partial charge < -0.3 is 5.32 Å². The van der Waals surface area contributed by atoms with Gasteiger partial charge >= 0.3 is 0 Å². The molecule has 26 heavy (non-hydrogen) atoms. The van der Waals surface area contributed by atoms with Crippen LogP contribution in [-0.2, 0) is 34.2 Å². The molecule has 1 amide bonds. The summed E-state index contributed by atoms with van der Waals surface area (Å²) in [5, 5.41) is 6.89. The van der Waals surface area contributed by atoms with E-state index in [1.54, 1.807) is 6.07 Å². The monoisotopic (exact) mass is 376 g/mol. The maximum absolute atomic E-state index is 12.3. The zero-order valence-corrected chi connectivity index (χ0v) is 15.2. The molecule has 0 saturated heterocycles. The molecule has 9 heteroatoms. The van der Waals surface area contributed by atoms with Gasteiger partial charge in [-0.05, 0) is 49.1 Å². The zero-order chi connectivity index (χ0) is 18.7. The van der Waals surface area contributed by atoms with Crippen molar-refractivity contribution in [1.82, 2.24) is 14.5 Å². The molecule has 1 aliphatic rings. The van der Waals surface area contributed by atoms with Crippen molar-refractivity contribution >= 4 is 21.6 Å². The number of nitrogens with one attached hydrogen (secondary N) is 2. The number of carbonyl (C=O) groups is 1. The minimum absolute atomic E-state index is 0.0570. The number of aromatic nitrogens is 2. The normalized spacial score (nSPS) is 13.4. The molecule has 0 spiro atoms. The molecule has 1 aromatic carbocycles. The summed E-state index contributed by atoms with van der Waals surface area (Å²) in [6, 6.07) is 7.44. The van der Waals surface area contributed by atoms with Crippen LogP contribution < -0.4 is 15.6 Å². The average Bonchev–Trinajstić information content (AvgIpc) is 3.02. The molecule has 1 heterocycles. The Morgan fingerprint density at radius 1 is 1.23 bits per heavy atom. The van der Waals surface area contributed by atoms with Crippen LogP contribution in [0, 0.1) is 0 Å². The summed E-state index contributed by atoms with van der Waals surface area (Å²) in [5.41, 5.74) is 2.21. The van der Waals surface area contributed by atoms with E-state index in [4.69, 9.17) is 0 Å². The molecular formula is C17H20N4O4S. The highest BCUT2D eigenvalue weighted by Crippen LogP contribution is 2.17. The van der Waals surface area contributed by atoms with Crippen LogP contribution in [0.5, 0.6) is 0 Å². The molecule has 0 saturated carbocycles. The molecule has 0 bridgehead atoms. The Bertz CT molecular complexity index is 981. The minimum atomic E-state index is -3.71. The number of amides is 1. The van der Waals surface area contributed by atoms with Crippen LogP contribution in [-0.4, -0.2) is 30.7 Å². The van der Waals surface area contributed by atoms with Gasteiger partial charge in [0.15, 0.2) is 0 Å². The molecule has 1 aromatic heterocycles. The fourth-order valence-corrected chi connectivity index (χ4v) is 3.91. The van der Waals surface area contributed by atoms with Crippen molar-refractivity contribution in [2.24, 2.45) is 0 Å². The Balaban J connectivity index is 1.64. The highest BCUT2D eigenvalue weighted by molar-refractivity contribution is 7.89. The third kappa shape index (κ3) is 4.17. The Morgan fingerprint density at radius 2 is 1.96 bits per heavy atom. The molecule has 138 valence electrons. The molecule has 2 aromatic rings. The van der Waals surface area contributed by atoms with Crippen LogP contribution in [0.25, 0.3) is 0 Å². The van der Waals surface area contributed by atoms with Crippen molar-refractivity contribution in [1.29, 1.82) is 0 Å². The lowest BCUT2D eigenvalue weighted by atomic mass is 10.2. The number of nitrogens with zero attached hydrogens (tertiary/aromatic N) is 2. The van der Waals surface area contributed by atoms with Gasteiger partial charge in [0, 0.05) is 25.2 Å². The first-order chi connectivity index (χ1) is 12.3. The number of benzene rings is 1. The zero-order valence-electron chi connectivity index (χ0n) is 14.4. The Morgan fingerprint density at radius 3 is 2.65 bits per heavy atom. The van der Waals surface area contributed by atoms with E-state index in [-0.39, 0.29) is 29.5 Å². The second-order valence-electron chi connectivity index (χ2n) is 6.13. The third-order valence-corrected chi connectivity index (χ3v) is 5.60. The van der Waals surface area contributed by atoms with Crippen molar-refractivity contribution in [3.05, 3.63) is 51.9 Å². The number of fused-ring (bicyclic) bond motifs is 1. The van der Waals surface area contributed by atoms with Crippen molar-refractivity contribution < 1.29 is 13.2 Å². The van der Waals surface area contributed by atoms with E-state index in [9.17, 15) is 18.0 Å². The highest BCUT2D eigenvalue weighted by Gasteiger charge is 2.16. The molecule has 8 nitrogen and oxygen atoms in total. The second-order valence-corrected chi connectivity index (χ2v) is 7.90. The van der Waals surface area contributed by atoms with Crippen molar-refractivity contribution in [2.75, 3.05) is 11.9 Å². The molecule has 1 aliphatic carbocycles. The number of carbonyl (C=O) groups excluding carboxylic acids is 1. The fourth-order valence-electron chi connectivity index (χ4n) is 2.89. The third-order valence-electron chi connectivity index (χ3n) is 4.12. The van der Waals surface area contributed by atoms with Crippen LogP contribution in [0.3, 0.4) is 0 Å². The van der Waals surface area contributed by atoms with E-state index in [0.29, 0.717) is 5.69 Å². The number of anilines is 1. The van der Waals surface area contributed by atoms with Crippen molar-refractivity contribution in [3.63, 3.8) is 0 Å². The summed E-state index contributed by atoms with van der Waals surface area (Å²) >= 11 is 0. The van der Waals surface area contributed by atoms with Gasteiger partial charge in [-0.1, -0.05) is 0 Å². The van der Waals surface area contributed by atoms with Crippen LogP contribution >= 0.6 is 0 Å². The van der Waals surface area contributed by atoms with Crippen LogP contribution in [0.1, 0.15) is 24.6 Å². The molecule has 0 aliphatic heterocycles. The number of hydrogen-bond acceptors (Lipinski definition) is 5. The average molecular weight is 376 g/mol. The first-order valence-corrected chi connectivity index (χ1v) is 9.81. The summed E-state index contributed by atoms with van der Waals surface area (Å²) in [5.74, 6) is -0.231. The number of aryl methyl sites for hydroxylation is 2. The first-order valence-electron chi connectivity index (χ1n) is 8.32. The second kappa shape index (κ2) is 7.38. The van der Waals surface area contributed by atoms with Gasteiger partial charge in [0.1, 0.15) is 0 Å². The molecule has 0 fully saturated rings. The summed E-state index contributed by atoms with van der Waals surface area (Å²) in [6.07, 6.45) is 2.72. The molecule has 0 unspecified atom stereocenters. The van der Waals surface area contributed by atoms with Gasteiger partial charge in [-0.15, -0.1) is 0 Å². The lowest BCUT2D eigenvalue weighted by molar-refractivity contribution is -0.114. The number of hydrogen-bond donors (Lipinski definition) is 2. The van der Waals surface area contributed by atoms with Crippen LogP contribution in [0.15, 0.2) is 40.0 Å². The van der Waals surface area contributed by atoms with E-state index in [1.165, 1.54) is 35.9 Å². The van der Waals surface area contributed by atoms with Crippen molar-refractivity contribution in [3.8, 4) is 0 Å². The molecule has 3 rings (SSSR count). The Kier molecular flexibility index (Phi) is 5.19. The van der Waals surface area contributed by atoms with Gasteiger partial charge in [0.05, 0.1) is 17.1 Å². The van der Waals surface area contributed by atoms with E-state index < -0.39 is 10.0 Å². The maximum Gasteiger partial charge on any atom is 0.267 e. The van der Waals surface area contributed by atoms with Gasteiger partial charge in [-0.2, -0.15) is 5.10 Å². The smallest absolute Gasteiger partial charge is 0.267 e. The minimum Gasteiger partial charge on any atom is -0.326 e. The topological polar surface area (TPSA) is 110 Å². The van der Waals surface area contributed by atoms with Gasteiger partial charge in [0.25, 0.3) is 5.56 Å². The summed E-state index contributed by atoms with van der Waals surface area (Å²) in [6.45, 7) is 1.60. The van der Waals surface area contributed by atoms with Crippen LogP contribution in [0.4, 0.5) is 5.69 Å². The predicted molar refractivity (Wildman–Crippen MR) is 96.5 cm³/mol. The summed E-state index contributed by atoms with van der Waals surface area (Å²) < 4.78 is 28.4. The van der Waals surface area contributed by atoms with Crippen LogP contribution in [0.2, 0.25) is 0 Å². The fraction of sp³-hybridized carbons (Fsp3) is 0.353. The Labute approximate surface area is 151 Å². The summed E-state index contributed by atoms with van der Waals surface area (Å²) in [4.78, 5) is 23.1. The molecular weight excluding hydrogens is 356 g/mol. The molecule has 0 radical (unpaired) electrons. The lowest BCUT2D eigenvalue weighted by Crippen LogP contribution is -2.32. The number of rotatable bonds is 6. The van der Waals surface area contributed by atoms with E-state index in [2.05, 4.69) is 15.1 Å². The highest BCUT2D eigenvalue weighted by atomic mass is 32.2. The Hall–Kier alpha value is -2.52. The quantitative estimate of drug-likeness (QED) is 0.770. The lowest BCUT2D eigenvalue weighted by Gasteiger charge is -2.10. The van der Waals surface area contributed by atoms with E-state index in [0.717, 1.165) is 30.5 Å². The van der Waals surface area contributed by atoms with Gasteiger partial charge in [-0.3, -0.25) is 9.59 Å². The largest absolute Gasteiger partial charge is 0.326 e. The summed E-state index contributed by atoms with van der Waals surface area (Å²) in [7, 11) is -3.71. The van der Waals surface area contributed by atoms with Gasteiger partial charge in [0.2, 0.25) is 15.9 Å². The first kappa shape index (κ1) is 18.3. The maximum atomic E-state index is 12.3. The molecule has 2 N–H and O–H groups in total.